The van der Waals surface area contributed by atoms with E-state index in [1.807, 2.05) is 36.4 Å². The van der Waals surface area contributed by atoms with Crippen LogP contribution in [0.1, 0.15) is 37.2 Å². The molecule has 5 nitrogen and oxygen atoms in total. The van der Waals surface area contributed by atoms with E-state index in [2.05, 4.69) is 24.0 Å². The molecule has 0 spiro atoms. The number of aromatic nitrogens is 2. The minimum absolute atomic E-state index is 0.0583. The lowest BCUT2D eigenvalue weighted by atomic mass is 10.1. The molecule has 3 aromatic rings. The normalized spacial score (nSPS) is 16.4. The molecule has 0 aliphatic heterocycles. The van der Waals surface area contributed by atoms with Crippen LogP contribution in [0.2, 0.25) is 0 Å². The number of nitrogens with zero attached hydrogens (tertiary/aromatic N) is 1. The SMILES string of the molecule is COc1ccc(C[NH+](C2CC2)[C@H](C)c2nc3ccccc3c(=O)[nH]2)cc1. The summed E-state index contributed by atoms with van der Waals surface area (Å²) in [4.78, 5) is 21.6. The van der Waals surface area contributed by atoms with Crippen molar-refractivity contribution < 1.29 is 9.64 Å². The summed E-state index contributed by atoms with van der Waals surface area (Å²) in [5, 5.41) is 0.645. The van der Waals surface area contributed by atoms with E-state index in [1.54, 1.807) is 7.11 Å². The predicted octanol–water partition coefficient (Wildman–Crippen LogP) is 2.24. The molecule has 5 heteroatoms. The summed E-state index contributed by atoms with van der Waals surface area (Å²) in [6.07, 6.45) is 2.46. The van der Waals surface area contributed by atoms with Gasteiger partial charge in [0.2, 0.25) is 0 Å². The highest BCUT2D eigenvalue weighted by molar-refractivity contribution is 5.77. The number of aromatic amines is 1. The van der Waals surface area contributed by atoms with Gasteiger partial charge >= 0.3 is 0 Å². The van der Waals surface area contributed by atoms with Gasteiger partial charge in [0.05, 0.1) is 24.1 Å². The number of methoxy groups -OCH3 is 1. The van der Waals surface area contributed by atoms with E-state index < -0.39 is 0 Å². The van der Waals surface area contributed by atoms with Crippen molar-refractivity contribution in [3.63, 3.8) is 0 Å². The lowest BCUT2D eigenvalue weighted by molar-refractivity contribution is -0.954. The minimum atomic E-state index is -0.0583. The Labute approximate surface area is 152 Å². The highest BCUT2D eigenvalue weighted by Crippen LogP contribution is 2.20. The van der Waals surface area contributed by atoms with Gasteiger partial charge in [-0.1, -0.05) is 12.1 Å². The van der Waals surface area contributed by atoms with Crippen LogP contribution in [0.5, 0.6) is 5.75 Å². The molecule has 2 atom stereocenters. The first-order chi connectivity index (χ1) is 12.7. The first kappa shape index (κ1) is 16.8. The third kappa shape index (κ3) is 3.35. The van der Waals surface area contributed by atoms with E-state index in [9.17, 15) is 4.79 Å². The smallest absolute Gasteiger partial charge is 0.258 e. The van der Waals surface area contributed by atoms with Crippen molar-refractivity contribution in [1.82, 2.24) is 9.97 Å². The largest absolute Gasteiger partial charge is 0.497 e. The van der Waals surface area contributed by atoms with Crippen LogP contribution in [-0.2, 0) is 6.54 Å². The fourth-order valence-electron chi connectivity index (χ4n) is 3.57. The second kappa shape index (κ2) is 6.92. The number of ether oxygens (including phenoxy) is 1. The summed E-state index contributed by atoms with van der Waals surface area (Å²) in [6.45, 7) is 3.07. The highest BCUT2D eigenvalue weighted by atomic mass is 16.5. The number of para-hydroxylation sites is 1. The average Bonchev–Trinajstić information content (AvgIpc) is 3.51. The summed E-state index contributed by atoms with van der Waals surface area (Å²) >= 11 is 0. The zero-order valence-electron chi connectivity index (χ0n) is 15.2. The Bertz CT molecular complexity index is 961. The van der Waals surface area contributed by atoms with Gasteiger partial charge in [-0.3, -0.25) is 4.79 Å². The summed E-state index contributed by atoms with van der Waals surface area (Å²) in [7, 11) is 1.68. The van der Waals surface area contributed by atoms with Gasteiger partial charge in [0.25, 0.3) is 5.56 Å². The van der Waals surface area contributed by atoms with E-state index in [0.29, 0.717) is 11.4 Å². The van der Waals surface area contributed by atoms with Crippen LogP contribution in [0.25, 0.3) is 10.9 Å². The number of fused-ring (bicyclic) bond motifs is 1. The Hall–Kier alpha value is -2.66. The molecule has 2 aromatic carbocycles. The van der Waals surface area contributed by atoms with Gasteiger partial charge in [0.15, 0.2) is 5.82 Å². The lowest BCUT2D eigenvalue weighted by Crippen LogP contribution is -3.12. The number of H-pyrrole nitrogens is 1. The van der Waals surface area contributed by atoms with E-state index in [0.717, 1.165) is 23.6 Å². The van der Waals surface area contributed by atoms with Crippen molar-refractivity contribution in [3.05, 3.63) is 70.3 Å². The fourth-order valence-corrected chi connectivity index (χ4v) is 3.57. The van der Waals surface area contributed by atoms with Crippen LogP contribution in [0.4, 0.5) is 0 Å². The summed E-state index contributed by atoms with van der Waals surface area (Å²) in [6, 6.07) is 16.5. The van der Waals surface area contributed by atoms with Crippen molar-refractivity contribution in [3.8, 4) is 5.75 Å². The van der Waals surface area contributed by atoms with Crippen LogP contribution in [0.3, 0.4) is 0 Å². The molecule has 26 heavy (non-hydrogen) atoms. The topological polar surface area (TPSA) is 59.4 Å². The van der Waals surface area contributed by atoms with Crippen molar-refractivity contribution in [2.45, 2.75) is 38.4 Å². The van der Waals surface area contributed by atoms with Gasteiger partial charge in [0.1, 0.15) is 18.3 Å². The molecule has 2 N–H and O–H groups in total. The van der Waals surface area contributed by atoms with Crippen molar-refractivity contribution in [1.29, 1.82) is 0 Å². The molecule has 1 unspecified atom stereocenters. The first-order valence-electron chi connectivity index (χ1n) is 9.13. The molecule has 1 fully saturated rings. The first-order valence-corrected chi connectivity index (χ1v) is 9.13. The maximum absolute atomic E-state index is 12.4. The van der Waals surface area contributed by atoms with Gasteiger partial charge in [-0.05, 0) is 43.3 Å². The Morgan fingerprint density at radius 1 is 1.19 bits per heavy atom. The molecular formula is C21H24N3O2+. The van der Waals surface area contributed by atoms with Crippen LogP contribution in [0.15, 0.2) is 53.3 Å². The van der Waals surface area contributed by atoms with E-state index in [-0.39, 0.29) is 11.6 Å². The third-order valence-electron chi connectivity index (χ3n) is 5.27. The van der Waals surface area contributed by atoms with Crippen molar-refractivity contribution >= 4 is 10.9 Å². The second-order valence-corrected chi connectivity index (χ2v) is 7.06. The molecule has 1 heterocycles. The van der Waals surface area contributed by atoms with E-state index in [4.69, 9.17) is 9.72 Å². The van der Waals surface area contributed by atoms with Crippen LogP contribution in [0, 0.1) is 0 Å². The summed E-state index contributed by atoms with van der Waals surface area (Å²) in [5.74, 6) is 1.64. The van der Waals surface area contributed by atoms with Crippen molar-refractivity contribution in [2.24, 2.45) is 0 Å². The molecular weight excluding hydrogens is 326 g/mol. The molecule has 0 amide bonds. The highest BCUT2D eigenvalue weighted by Gasteiger charge is 2.38. The lowest BCUT2D eigenvalue weighted by Gasteiger charge is -2.25. The molecule has 134 valence electrons. The maximum Gasteiger partial charge on any atom is 0.258 e. The molecule has 0 bridgehead atoms. The standard InChI is InChI=1S/C21H23N3O2/c1-14(20-22-19-6-4-3-5-18(19)21(25)23-20)24(16-9-10-16)13-15-7-11-17(26-2)12-8-15/h3-8,11-12,14,16H,9-10,13H2,1-2H3,(H,22,23,25)/p+1/t14-/m1/s1. The second-order valence-electron chi connectivity index (χ2n) is 7.06. The zero-order chi connectivity index (χ0) is 18.1. The molecule has 1 aromatic heterocycles. The van der Waals surface area contributed by atoms with Gasteiger partial charge in [-0.25, -0.2) is 4.98 Å². The van der Waals surface area contributed by atoms with Gasteiger partial charge < -0.3 is 14.6 Å². The summed E-state index contributed by atoms with van der Waals surface area (Å²) in [5.41, 5.74) is 1.97. The zero-order valence-corrected chi connectivity index (χ0v) is 15.2. The number of rotatable bonds is 6. The Morgan fingerprint density at radius 3 is 2.62 bits per heavy atom. The number of hydrogen-bond donors (Lipinski definition) is 2. The van der Waals surface area contributed by atoms with Crippen LogP contribution in [-0.4, -0.2) is 23.1 Å². The van der Waals surface area contributed by atoms with Crippen LogP contribution >= 0.6 is 0 Å². The number of nitrogens with one attached hydrogen (secondary N) is 2. The molecule has 1 saturated carbocycles. The number of quaternary nitrogens is 1. The molecule has 4 rings (SSSR count). The molecule has 1 aliphatic rings. The van der Waals surface area contributed by atoms with Gasteiger partial charge in [-0.15, -0.1) is 0 Å². The van der Waals surface area contributed by atoms with Crippen LogP contribution < -0.4 is 15.2 Å². The van der Waals surface area contributed by atoms with Crippen molar-refractivity contribution in [2.75, 3.05) is 7.11 Å². The summed E-state index contributed by atoms with van der Waals surface area (Å²) < 4.78 is 5.25. The third-order valence-corrected chi connectivity index (χ3v) is 5.27. The molecule has 0 saturated heterocycles. The number of benzene rings is 2. The predicted molar refractivity (Wildman–Crippen MR) is 101 cm³/mol. The quantitative estimate of drug-likeness (QED) is 0.717. The Balaban J connectivity index is 1.63. The molecule has 0 radical (unpaired) electrons. The maximum atomic E-state index is 12.4. The Kier molecular flexibility index (Phi) is 4.47. The Morgan fingerprint density at radius 2 is 1.92 bits per heavy atom. The van der Waals surface area contributed by atoms with E-state index >= 15 is 0 Å². The van der Waals surface area contributed by atoms with Gasteiger partial charge in [-0.2, -0.15) is 0 Å². The number of hydrogen-bond acceptors (Lipinski definition) is 3. The van der Waals surface area contributed by atoms with Gasteiger partial charge in [0, 0.05) is 18.4 Å². The minimum Gasteiger partial charge on any atom is -0.497 e. The fraction of sp³-hybridized carbons (Fsp3) is 0.333. The molecule has 1 aliphatic carbocycles. The monoisotopic (exact) mass is 350 g/mol. The average molecular weight is 350 g/mol. The van der Waals surface area contributed by atoms with E-state index in [1.165, 1.54) is 23.3 Å².